The number of hydrogen-bond donors (Lipinski definition) is 2. The van der Waals surface area contributed by atoms with Crippen molar-refractivity contribution in [1.82, 2.24) is 0 Å². The van der Waals surface area contributed by atoms with Gasteiger partial charge in [0, 0.05) is 26.2 Å². The van der Waals surface area contributed by atoms with Crippen LogP contribution in [-0.2, 0) is 9.13 Å². The summed E-state index contributed by atoms with van der Waals surface area (Å²) in [4.78, 5) is 16.5. The first-order valence-corrected chi connectivity index (χ1v) is 7.98. The zero-order valence-corrected chi connectivity index (χ0v) is 9.10. The van der Waals surface area contributed by atoms with Crippen molar-refractivity contribution in [3.8, 4) is 0 Å². The van der Waals surface area contributed by atoms with Crippen LogP contribution in [0.15, 0.2) is 0 Å². The lowest BCUT2D eigenvalue weighted by atomic mass is 11.0. The van der Waals surface area contributed by atoms with Crippen molar-refractivity contribution in [2.45, 2.75) is 6.92 Å². The van der Waals surface area contributed by atoms with E-state index in [1.54, 1.807) is 6.92 Å². The van der Waals surface area contributed by atoms with Crippen LogP contribution in [0.4, 0.5) is 0 Å². The van der Waals surface area contributed by atoms with E-state index in [4.69, 9.17) is 9.79 Å². The number of rotatable bonds is 1. The molecule has 0 aliphatic carbocycles. The molecule has 1 unspecified atom stereocenters. The van der Waals surface area contributed by atoms with E-state index in [-0.39, 0.29) is 17.4 Å². The zero-order chi connectivity index (χ0) is 9.71. The third-order valence-electron chi connectivity index (χ3n) is 0.587. The smallest absolute Gasteiger partial charge is 0.197 e. The monoisotopic (exact) mass is 232 g/mol. The molecular weight excluding hydrogens is 213 g/mol. The quantitative estimate of drug-likeness (QED) is 0.501. The van der Waals surface area contributed by atoms with Gasteiger partial charge in [-0.15, -0.1) is 0 Å². The van der Waals surface area contributed by atoms with E-state index in [2.05, 4.69) is 0 Å². The summed E-state index contributed by atoms with van der Waals surface area (Å²) in [5.74, 6) is 0. The van der Waals surface area contributed by atoms with Crippen molar-refractivity contribution >= 4 is 32.1 Å². The van der Waals surface area contributed by atoms with E-state index in [1.165, 1.54) is 20.0 Å². The molecule has 0 bridgehead atoms. The van der Waals surface area contributed by atoms with Crippen LogP contribution in [0.25, 0.3) is 0 Å². The molecular formula is C5H19AlO4P2. The molecule has 0 amide bonds. The van der Waals surface area contributed by atoms with Gasteiger partial charge < -0.3 is 9.79 Å². The minimum absolute atomic E-state index is 0. The second kappa shape index (κ2) is 7.33. The molecule has 0 fully saturated rings. The Morgan fingerprint density at radius 3 is 1.17 bits per heavy atom. The van der Waals surface area contributed by atoms with Crippen LogP contribution in [0.5, 0.6) is 0 Å². The summed E-state index contributed by atoms with van der Waals surface area (Å²) in [5.41, 5.74) is 0. The Morgan fingerprint density at radius 2 is 1.17 bits per heavy atom. The topological polar surface area (TPSA) is 74.6 Å². The van der Waals surface area contributed by atoms with Gasteiger partial charge in [-0.25, -0.2) is 0 Å². The highest BCUT2D eigenvalue weighted by Crippen LogP contribution is 2.33. The summed E-state index contributed by atoms with van der Waals surface area (Å²) in [6.45, 7) is 5.65. The highest BCUT2D eigenvalue weighted by Gasteiger charge is 2.01. The summed E-state index contributed by atoms with van der Waals surface area (Å²) in [6, 6.07) is 0. The van der Waals surface area contributed by atoms with E-state index in [9.17, 15) is 9.13 Å². The van der Waals surface area contributed by atoms with Gasteiger partial charge in [0.25, 0.3) is 0 Å². The Labute approximate surface area is 84.4 Å². The van der Waals surface area contributed by atoms with Gasteiger partial charge in [0.1, 0.15) is 0 Å². The Bertz CT molecular complexity index is 174. The standard InChI is InChI=1S/C3H9O2P.C2H7O2P.Al.3H/c1-3-6(2,4)5;1-5(2,3)4;;;;/h3H2,1-2H3,(H,4,5);1-2H3,(H,3,4);;;;. The molecule has 4 nitrogen and oxygen atoms in total. The van der Waals surface area contributed by atoms with Crippen LogP contribution in [0.2, 0.25) is 0 Å². The van der Waals surface area contributed by atoms with Gasteiger partial charge >= 0.3 is 0 Å². The maximum Gasteiger partial charge on any atom is 0.197 e. The summed E-state index contributed by atoms with van der Waals surface area (Å²) in [5, 5.41) is 0. The van der Waals surface area contributed by atoms with Crippen LogP contribution in [0.3, 0.4) is 0 Å². The fraction of sp³-hybridized carbons (Fsp3) is 1.00. The van der Waals surface area contributed by atoms with Crippen LogP contribution in [-0.4, -0.2) is 53.3 Å². The molecule has 0 saturated carbocycles. The van der Waals surface area contributed by atoms with Crippen molar-refractivity contribution in [2.24, 2.45) is 0 Å². The largest absolute Gasteiger partial charge is 0.345 e. The molecule has 2 N–H and O–H groups in total. The summed E-state index contributed by atoms with van der Waals surface area (Å²) >= 11 is 0. The van der Waals surface area contributed by atoms with E-state index in [0.717, 1.165) is 0 Å². The predicted molar refractivity (Wildman–Crippen MR) is 57.9 cm³/mol. The van der Waals surface area contributed by atoms with Crippen molar-refractivity contribution in [3.63, 3.8) is 0 Å². The summed E-state index contributed by atoms with van der Waals surface area (Å²) in [6.07, 6.45) is 0.382. The van der Waals surface area contributed by atoms with E-state index in [0.29, 0.717) is 6.16 Å². The molecule has 0 aliphatic rings. The van der Waals surface area contributed by atoms with Gasteiger partial charge in [-0.05, 0) is 0 Å². The van der Waals surface area contributed by atoms with Crippen LogP contribution < -0.4 is 0 Å². The predicted octanol–water partition coefficient (Wildman–Crippen LogP) is 0.239. The lowest BCUT2D eigenvalue weighted by molar-refractivity contribution is 0.486. The Hall–Kier alpha value is 0.912. The second-order valence-electron chi connectivity index (χ2n) is 2.66. The summed E-state index contributed by atoms with van der Waals surface area (Å²) < 4.78 is 19.9. The molecule has 76 valence electrons. The van der Waals surface area contributed by atoms with Gasteiger partial charge in [0.15, 0.2) is 32.1 Å². The fourth-order valence-corrected chi connectivity index (χ4v) is 0. The van der Waals surface area contributed by atoms with Crippen LogP contribution in [0.1, 0.15) is 6.92 Å². The average molecular weight is 232 g/mol. The van der Waals surface area contributed by atoms with Gasteiger partial charge in [-0.1, -0.05) is 6.92 Å². The lowest BCUT2D eigenvalue weighted by Gasteiger charge is -1.94. The molecule has 0 saturated heterocycles. The van der Waals surface area contributed by atoms with Crippen molar-refractivity contribution in [2.75, 3.05) is 26.2 Å². The normalized spacial score (nSPS) is 14.8. The van der Waals surface area contributed by atoms with Crippen molar-refractivity contribution < 1.29 is 18.9 Å². The number of hydrogen-bond acceptors (Lipinski definition) is 2. The van der Waals surface area contributed by atoms with Gasteiger partial charge in [0.05, 0.1) is 0 Å². The first-order chi connectivity index (χ1) is 4.56. The molecule has 0 aromatic heterocycles. The molecule has 7 heteroatoms. The summed E-state index contributed by atoms with van der Waals surface area (Å²) in [7, 11) is -5.29. The third-order valence-corrected chi connectivity index (χ3v) is 1.76. The molecule has 0 aromatic rings. The van der Waals surface area contributed by atoms with E-state index >= 15 is 0 Å². The van der Waals surface area contributed by atoms with Gasteiger partial charge in [-0.2, -0.15) is 0 Å². The SMILES string of the molecule is CCP(C)(=O)O.CP(C)(=O)O.[AlH3]. The van der Waals surface area contributed by atoms with E-state index < -0.39 is 14.7 Å². The molecule has 0 aliphatic heterocycles. The van der Waals surface area contributed by atoms with Crippen LogP contribution in [0, 0.1) is 0 Å². The molecule has 12 heavy (non-hydrogen) atoms. The van der Waals surface area contributed by atoms with Gasteiger partial charge in [0.2, 0.25) is 0 Å². The molecule has 0 radical (unpaired) electrons. The second-order valence-corrected chi connectivity index (χ2v) is 7.98. The molecule has 1 atom stereocenters. The van der Waals surface area contributed by atoms with Crippen LogP contribution >= 0.6 is 14.7 Å². The van der Waals surface area contributed by atoms with E-state index in [1.807, 2.05) is 0 Å². The maximum absolute atomic E-state index is 10.1. The zero-order valence-electron chi connectivity index (χ0n) is 7.31. The first-order valence-electron chi connectivity index (χ1n) is 3.13. The Balaban J connectivity index is -0.000000126. The molecule has 0 rings (SSSR count). The Kier molecular flexibility index (Phi) is 11.4. The molecule has 0 aromatic carbocycles. The minimum atomic E-state index is -2.65. The van der Waals surface area contributed by atoms with Crippen molar-refractivity contribution in [3.05, 3.63) is 0 Å². The highest BCUT2D eigenvalue weighted by atomic mass is 31.2. The average Bonchev–Trinajstić information content (AvgIpc) is 1.59. The fourth-order valence-electron chi connectivity index (χ4n) is 0. The highest BCUT2D eigenvalue weighted by molar-refractivity contribution is 7.57. The first kappa shape index (κ1) is 18.6. The molecule has 0 spiro atoms. The molecule has 0 heterocycles. The minimum Gasteiger partial charge on any atom is -0.345 e. The lowest BCUT2D eigenvalue weighted by Crippen LogP contribution is -1.75. The van der Waals surface area contributed by atoms with Gasteiger partial charge in [-0.3, -0.25) is 9.13 Å². The third kappa shape index (κ3) is 70.0. The Morgan fingerprint density at radius 1 is 1.08 bits per heavy atom. The van der Waals surface area contributed by atoms with Crippen molar-refractivity contribution in [1.29, 1.82) is 0 Å². The maximum atomic E-state index is 10.1.